The number of hydrogen-bond donors (Lipinski definition) is 2. The lowest BCUT2D eigenvalue weighted by Gasteiger charge is -2.17. The molecule has 124 valence electrons. The molecule has 0 amide bonds. The maximum Gasteiger partial charge on any atom is 0.240 e. The van der Waals surface area contributed by atoms with E-state index in [9.17, 15) is 17.2 Å². The minimum absolute atomic E-state index is 0.0189. The van der Waals surface area contributed by atoms with Crippen LogP contribution >= 0.6 is 0 Å². The predicted octanol–water partition coefficient (Wildman–Crippen LogP) is 2.41. The Kier molecular flexibility index (Phi) is 5.81. The Morgan fingerprint density at radius 3 is 2.22 bits per heavy atom. The smallest absolute Gasteiger partial charge is 0.240 e. The van der Waals surface area contributed by atoms with Crippen molar-refractivity contribution >= 4 is 10.0 Å². The molecule has 0 bridgehead atoms. The molecule has 0 radical (unpaired) electrons. The second kappa shape index (κ2) is 7.63. The van der Waals surface area contributed by atoms with Crippen LogP contribution in [0.1, 0.15) is 17.9 Å². The molecule has 1 atom stereocenters. The normalized spacial score (nSPS) is 13.0. The molecule has 0 aliphatic heterocycles. The molecule has 0 aromatic heterocycles. The Morgan fingerprint density at radius 1 is 1.04 bits per heavy atom. The van der Waals surface area contributed by atoms with Crippen LogP contribution in [0.25, 0.3) is 0 Å². The molecule has 0 aliphatic carbocycles. The summed E-state index contributed by atoms with van der Waals surface area (Å²) >= 11 is 0. The minimum atomic E-state index is -4.04. The zero-order chi connectivity index (χ0) is 16.9. The molecule has 0 aliphatic rings. The van der Waals surface area contributed by atoms with Crippen LogP contribution in [0.2, 0.25) is 0 Å². The Balaban J connectivity index is 2.16. The van der Waals surface area contributed by atoms with Gasteiger partial charge in [0.05, 0.1) is 4.90 Å². The third-order valence-corrected chi connectivity index (χ3v) is 4.82. The lowest BCUT2D eigenvalue weighted by atomic mass is 9.96. The highest BCUT2D eigenvalue weighted by Gasteiger charge is 2.19. The monoisotopic (exact) mass is 341 g/mol. The average molecular weight is 341 g/mol. The number of aliphatic hydroxyl groups excluding tert-OH is 1. The van der Waals surface area contributed by atoms with E-state index < -0.39 is 26.6 Å². The molecule has 2 N–H and O–H groups in total. The predicted molar refractivity (Wildman–Crippen MR) is 82.4 cm³/mol. The van der Waals surface area contributed by atoms with E-state index in [1.54, 1.807) is 0 Å². The van der Waals surface area contributed by atoms with Crippen molar-refractivity contribution in [1.29, 1.82) is 0 Å². The maximum atomic E-state index is 13.2. The van der Waals surface area contributed by atoms with Gasteiger partial charge in [-0.15, -0.1) is 0 Å². The molecule has 1 unspecified atom stereocenters. The van der Waals surface area contributed by atoms with Crippen molar-refractivity contribution in [2.24, 2.45) is 0 Å². The van der Waals surface area contributed by atoms with Gasteiger partial charge in [0.2, 0.25) is 10.0 Å². The van der Waals surface area contributed by atoms with Gasteiger partial charge in [0, 0.05) is 19.2 Å². The van der Waals surface area contributed by atoms with E-state index in [-0.39, 0.29) is 19.1 Å². The van der Waals surface area contributed by atoms with E-state index >= 15 is 0 Å². The molecule has 0 saturated heterocycles. The van der Waals surface area contributed by atoms with E-state index in [1.807, 2.05) is 30.3 Å². The van der Waals surface area contributed by atoms with Gasteiger partial charge in [0.1, 0.15) is 11.6 Å². The summed E-state index contributed by atoms with van der Waals surface area (Å²) in [4.78, 5) is -0.467. The van der Waals surface area contributed by atoms with Gasteiger partial charge in [-0.1, -0.05) is 30.3 Å². The first-order chi connectivity index (χ1) is 10.9. The number of rotatable bonds is 7. The third-order valence-electron chi connectivity index (χ3n) is 3.41. The summed E-state index contributed by atoms with van der Waals surface area (Å²) < 4.78 is 53.0. The summed E-state index contributed by atoms with van der Waals surface area (Å²) in [7, 11) is -4.04. The summed E-state index contributed by atoms with van der Waals surface area (Å²) in [6, 6.07) is 11.2. The molecule has 7 heteroatoms. The zero-order valence-corrected chi connectivity index (χ0v) is 13.1. The SMILES string of the molecule is O=S(=O)(NCC(CCO)c1ccccc1)c1cc(F)cc(F)c1. The highest BCUT2D eigenvalue weighted by molar-refractivity contribution is 7.89. The largest absolute Gasteiger partial charge is 0.396 e. The van der Waals surface area contributed by atoms with Gasteiger partial charge in [-0.3, -0.25) is 0 Å². The van der Waals surface area contributed by atoms with Crippen LogP contribution < -0.4 is 4.72 Å². The summed E-state index contributed by atoms with van der Waals surface area (Å²) in [5, 5.41) is 9.14. The van der Waals surface area contributed by atoms with E-state index in [4.69, 9.17) is 5.11 Å². The topological polar surface area (TPSA) is 66.4 Å². The van der Waals surface area contributed by atoms with Gasteiger partial charge in [0.15, 0.2) is 0 Å². The summed E-state index contributed by atoms with van der Waals surface area (Å²) in [5.74, 6) is -2.16. The van der Waals surface area contributed by atoms with Crippen LogP contribution in [0.4, 0.5) is 8.78 Å². The highest BCUT2D eigenvalue weighted by Crippen LogP contribution is 2.20. The second-order valence-corrected chi connectivity index (χ2v) is 6.84. The van der Waals surface area contributed by atoms with Gasteiger partial charge >= 0.3 is 0 Å². The van der Waals surface area contributed by atoms with Crippen LogP contribution in [-0.4, -0.2) is 26.7 Å². The van der Waals surface area contributed by atoms with Crippen molar-refractivity contribution in [3.8, 4) is 0 Å². The van der Waals surface area contributed by atoms with Crippen molar-refractivity contribution < 1.29 is 22.3 Å². The van der Waals surface area contributed by atoms with Gasteiger partial charge in [-0.2, -0.15) is 0 Å². The van der Waals surface area contributed by atoms with Gasteiger partial charge in [-0.25, -0.2) is 21.9 Å². The first-order valence-electron chi connectivity index (χ1n) is 7.04. The minimum Gasteiger partial charge on any atom is -0.396 e. The number of nitrogens with one attached hydrogen (secondary N) is 1. The molecule has 2 rings (SSSR count). The average Bonchev–Trinajstić information content (AvgIpc) is 2.51. The van der Waals surface area contributed by atoms with Gasteiger partial charge in [-0.05, 0) is 30.0 Å². The quantitative estimate of drug-likeness (QED) is 0.813. The van der Waals surface area contributed by atoms with Crippen molar-refractivity contribution in [1.82, 2.24) is 4.72 Å². The zero-order valence-electron chi connectivity index (χ0n) is 12.2. The standard InChI is InChI=1S/C16H17F2NO3S/c17-14-8-15(18)10-16(9-14)23(21,22)19-11-13(6-7-20)12-4-2-1-3-5-12/h1-5,8-10,13,19-20H,6-7,11H2. The van der Waals surface area contributed by atoms with Gasteiger partial charge < -0.3 is 5.11 Å². The fraction of sp³-hybridized carbons (Fsp3) is 0.250. The Bertz CT molecular complexity index is 731. The fourth-order valence-electron chi connectivity index (χ4n) is 2.24. The number of hydrogen-bond acceptors (Lipinski definition) is 3. The van der Waals surface area contributed by atoms with Crippen LogP contribution in [0.3, 0.4) is 0 Å². The number of sulfonamides is 1. The number of benzene rings is 2. The Morgan fingerprint density at radius 2 is 1.65 bits per heavy atom. The van der Waals surface area contributed by atoms with E-state index in [0.717, 1.165) is 17.7 Å². The molecule has 2 aromatic carbocycles. The summed E-state index contributed by atoms with van der Waals surface area (Å²) in [6.07, 6.45) is 0.365. The maximum absolute atomic E-state index is 13.2. The second-order valence-electron chi connectivity index (χ2n) is 5.08. The van der Waals surface area contributed by atoms with Crippen molar-refractivity contribution in [2.75, 3.05) is 13.2 Å². The number of aliphatic hydroxyl groups is 1. The van der Waals surface area contributed by atoms with Crippen LogP contribution in [-0.2, 0) is 10.0 Å². The summed E-state index contributed by atoms with van der Waals surface area (Å²) in [6.45, 7) is -0.0824. The van der Waals surface area contributed by atoms with Crippen molar-refractivity contribution in [3.63, 3.8) is 0 Å². The van der Waals surface area contributed by atoms with E-state index in [0.29, 0.717) is 12.5 Å². The van der Waals surface area contributed by atoms with Crippen molar-refractivity contribution in [2.45, 2.75) is 17.2 Å². The van der Waals surface area contributed by atoms with Crippen molar-refractivity contribution in [3.05, 3.63) is 65.7 Å². The lowest BCUT2D eigenvalue weighted by Crippen LogP contribution is -2.29. The molecule has 4 nitrogen and oxygen atoms in total. The molecule has 23 heavy (non-hydrogen) atoms. The van der Waals surface area contributed by atoms with Crippen LogP contribution in [0, 0.1) is 11.6 Å². The molecule has 0 spiro atoms. The lowest BCUT2D eigenvalue weighted by molar-refractivity contribution is 0.275. The fourth-order valence-corrected chi connectivity index (χ4v) is 3.37. The number of halogens is 2. The highest BCUT2D eigenvalue weighted by atomic mass is 32.2. The van der Waals surface area contributed by atoms with Crippen LogP contribution in [0.15, 0.2) is 53.4 Å². The molecule has 0 saturated carbocycles. The summed E-state index contributed by atoms with van der Waals surface area (Å²) in [5.41, 5.74) is 0.870. The van der Waals surface area contributed by atoms with Gasteiger partial charge in [0.25, 0.3) is 0 Å². The molecule has 0 heterocycles. The molecule has 2 aromatic rings. The van der Waals surface area contributed by atoms with E-state index in [2.05, 4.69) is 4.72 Å². The Hall–Kier alpha value is -1.83. The van der Waals surface area contributed by atoms with Crippen LogP contribution in [0.5, 0.6) is 0 Å². The molecular weight excluding hydrogens is 324 g/mol. The molecule has 0 fully saturated rings. The first kappa shape index (κ1) is 17.5. The third kappa shape index (κ3) is 4.82. The Labute approximate surface area is 133 Å². The molecular formula is C16H17F2NO3S. The first-order valence-corrected chi connectivity index (χ1v) is 8.52. The van der Waals surface area contributed by atoms with E-state index in [1.165, 1.54) is 0 Å².